The number of rotatable bonds is 2. The molecule has 25 heavy (non-hydrogen) atoms. The van der Waals surface area contributed by atoms with Crippen molar-refractivity contribution >= 4 is 5.71 Å². The Labute approximate surface area is 148 Å². The lowest BCUT2D eigenvalue weighted by atomic mass is 9.90. The van der Waals surface area contributed by atoms with Gasteiger partial charge < -0.3 is 5.43 Å². The van der Waals surface area contributed by atoms with Gasteiger partial charge in [-0.1, -0.05) is 54.6 Å². The van der Waals surface area contributed by atoms with Crippen LogP contribution in [0.25, 0.3) is 11.1 Å². The molecule has 3 heteroatoms. The highest BCUT2D eigenvalue weighted by molar-refractivity contribution is 6.14. The summed E-state index contributed by atoms with van der Waals surface area (Å²) in [6, 6.07) is 21.1. The second-order valence-electron chi connectivity index (χ2n) is 7.11. The van der Waals surface area contributed by atoms with Gasteiger partial charge >= 0.3 is 0 Å². The third kappa shape index (κ3) is 3.18. The summed E-state index contributed by atoms with van der Waals surface area (Å²) in [7, 11) is 0. The predicted octanol–water partition coefficient (Wildman–Crippen LogP) is 4.43. The summed E-state index contributed by atoms with van der Waals surface area (Å²) < 4.78 is 0. The van der Waals surface area contributed by atoms with Gasteiger partial charge in [0, 0.05) is 23.5 Å². The van der Waals surface area contributed by atoms with Crippen LogP contribution in [0.4, 0.5) is 0 Å². The van der Waals surface area contributed by atoms with Gasteiger partial charge in [0.2, 0.25) is 0 Å². The lowest BCUT2D eigenvalue weighted by Gasteiger charge is -2.22. The van der Waals surface area contributed by atoms with Crippen LogP contribution in [0.1, 0.15) is 30.5 Å². The number of nitrogens with zero attached hydrogens (tertiary/aromatic N) is 2. The van der Waals surface area contributed by atoms with E-state index in [2.05, 4.69) is 78.9 Å². The maximum Gasteiger partial charge on any atom is 0.0976 e. The molecule has 0 saturated heterocycles. The van der Waals surface area contributed by atoms with Crippen LogP contribution in [0.15, 0.2) is 78.2 Å². The van der Waals surface area contributed by atoms with E-state index in [1.807, 2.05) is 12.3 Å². The first-order valence-electron chi connectivity index (χ1n) is 8.56. The standard InChI is InChI=1S/C22H21N3/c1-22(2)14-18-6-3-4-8-20(18)21(24-25-22)17-11-9-16(10-12-17)19-7-5-13-23-15-19/h3-13,15,25H,14H2,1-2H3. The van der Waals surface area contributed by atoms with Crippen molar-refractivity contribution in [2.75, 3.05) is 0 Å². The third-order valence-electron chi connectivity index (χ3n) is 4.53. The number of hydrogen-bond donors (Lipinski definition) is 1. The van der Waals surface area contributed by atoms with Crippen molar-refractivity contribution < 1.29 is 0 Å². The van der Waals surface area contributed by atoms with Gasteiger partial charge in [0.25, 0.3) is 0 Å². The van der Waals surface area contributed by atoms with E-state index < -0.39 is 0 Å². The Kier molecular flexibility index (Phi) is 3.85. The number of benzene rings is 2. The van der Waals surface area contributed by atoms with Crippen molar-refractivity contribution in [3.05, 3.63) is 89.7 Å². The van der Waals surface area contributed by atoms with E-state index >= 15 is 0 Å². The van der Waals surface area contributed by atoms with Crippen molar-refractivity contribution in [3.63, 3.8) is 0 Å². The molecule has 0 amide bonds. The lowest BCUT2D eigenvalue weighted by molar-refractivity contribution is 0.402. The van der Waals surface area contributed by atoms with Crippen LogP contribution in [0, 0.1) is 0 Å². The normalized spacial score (nSPS) is 15.5. The van der Waals surface area contributed by atoms with E-state index in [0.29, 0.717) is 0 Å². The van der Waals surface area contributed by atoms with E-state index in [1.54, 1.807) is 6.20 Å². The zero-order valence-corrected chi connectivity index (χ0v) is 14.5. The minimum absolute atomic E-state index is 0.0620. The molecule has 1 aliphatic heterocycles. The molecule has 1 aromatic heterocycles. The molecule has 124 valence electrons. The predicted molar refractivity (Wildman–Crippen MR) is 103 cm³/mol. The minimum Gasteiger partial charge on any atom is -0.304 e. The maximum absolute atomic E-state index is 4.74. The molecule has 0 aliphatic carbocycles. The summed E-state index contributed by atoms with van der Waals surface area (Å²) in [4.78, 5) is 4.20. The monoisotopic (exact) mass is 327 g/mol. The quantitative estimate of drug-likeness (QED) is 0.756. The zero-order valence-electron chi connectivity index (χ0n) is 14.5. The first kappa shape index (κ1) is 15.6. The minimum atomic E-state index is -0.0620. The molecule has 1 aliphatic rings. The summed E-state index contributed by atoms with van der Waals surface area (Å²) in [5.41, 5.74) is 10.2. The van der Waals surface area contributed by atoms with E-state index in [4.69, 9.17) is 5.10 Å². The van der Waals surface area contributed by atoms with Crippen molar-refractivity contribution in [2.24, 2.45) is 5.10 Å². The van der Waals surface area contributed by atoms with Crippen molar-refractivity contribution in [3.8, 4) is 11.1 Å². The van der Waals surface area contributed by atoms with Crippen LogP contribution in [-0.4, -0.2) is 16.2 Å². The molecule has 2 heterocycles. The second-order valence-corrected chi connectivity index (χ2v) is 7.11. The molecule has 0 bridgehead atoms. The molecule has 0 spiro atoms. The van der Waals surface area contributed by atoms with E-state index in [-0.39, 0.29) is 5.54 Å². The number of nitrogens with one attached hydrogen (secondary N) is 1. The van der Waals surface area contributed by atoms with Crippen molar-refractivity contribution in [1.29, 1.82) is 0 Å². The van der Waals surface area contributed by atoms with Gasteiger partial charge in [0.1, 0.15) is 0 Å². The molecule has 0 unspecified atom stereocenters. The van der Waals surface area contributed by atoms with Crippen LogP contribution in [0.2, 0.25) is 0 Å². The zero-order chi connectivity index (χ0) is 17.3. The van der Waals surface area contributed by atoms with Gasteiger partial charge in [-0.25, -0.2) is 0 Å². The highest BCUT2D eigenvalue weighted by Crippen LogP contribution is 2.25. The van der Waals surface area contributed by atoms with Gasteiger partial charge in [0.15, 0.2) is 0 Å². The van der Waals surface area contributed by atoms with E-state index in [0.717, 1.165) is 28.8 Å². The first-order chi connectivity index (χ1) is 12.1. The van der Waals surface area contributed by atoms with Gasteiger partial charge in [0.05, 0.1) is 11.3 Å². The summed E-state index contributed by atoms with van der Waals surface area (Å²) in [5.74, 6) is 0. The summed E-state index contributed by atoms with van der Waals surface area (Å²) >= 11 is 0. The first-order valence-corrected chi connectivity index (χ1v) is 8.56. The van der Waals surface area contributed by atoms with Crippen molar-refractivity contribution in [2.45, 2.75) is 25.8 Å². The molecule has 0 fully saturated rings. The van der Waals surface area contributed by atoms with Crippen molar-refractivity contribution in [1.82, 2.24) is 10.4 Å². The van der Waals surface area contributed by atoms with Gasteiger partial charge in [-0.15, -0.1) is 0 Å². The number of hydrogen-bond acceptors (Lipinski definition) is 3. The van der Waals surface area contributed by atoms with E-state index in [1.165, 1.54) is 11.1 Å². The molecule has 0 saturated carbocycles. The van der Waals surface area contributed by atoms with Crippen LogP contribution in [-0.2, 0) is 6.42 Å². The van der Waals surface area contributed by atoms with Crippen LogP contribution >= 0.6 is 0 Å². The fraction of sp³-hybridized carbons (Fsp3) is 0.182. The number of pyridine rings is 1. The van der Waals surface area contributed by atoms with Gasteiger partial charge in [-0.05, 0) is 43.0 Å². The Morgan fingerprint density at radius 3 is 2.36 bits per heavy atom. The SMILES string of the molecule is CC1(C)Cc2ccccc2C(c2ccc(-c3cccnc3)cc2)=NN1. The van der Waals surface area contributed by atoms with E-state index in [9.17, 15) is 0 Å². The number of fused-ring (bicyclic) bond motifs is 1. The number of hydrazone groups is 1. The average molecular weight is 327 g/mol. The average Bonchev–Trinajstić information content (AvgIpc) is 2.77. The van der Waals surface area contributed by atoms with Crippen LogP contribution in [0.5, 0.6) is 0 Å². The molecule has 3 aromatic rings. The fourth-order valence-electron chi connectivity index (χ4n) is 3.26. The number of aromatic nitrogens is 1. The Morgan fingerprint density at radius 2 is 1.60 bits per heavy atom. The second kappa shape index (κ2) is 6.17. The fourth-order valence-corrected chi connectivity index (χ4v) is 3.26. The lowest BCUT2D eigenvalue weighted by Crippen LogP contribution is -2.37. The largest absolute Gasteiger partial charge is 0.304 e. The summed E-state index contributed by atoms with van der Waals surface area (Å²) in [6.07, 6.45) is 4.63. The van der Waals surface area contributed by atoms with Crippen LogP contribution < -0.4 is 5.43 Å². The maximum atomic E-state index is 4.74. The summed E-state index contributed by atoms with van der Waals surface area (Å²) in [6.45, 7) is 4.36. The molecule has 0 atom stereocenters. The molecular weight excluding hydrogens is 306 g/mol. The smallest absolute Gasteiger partial charge is 0.0976 e. The molecular formula is C22H21N3. The van der Waals surface area contributed by atoms with Crippen LogP contribution in [0.3, 0.4) is 0 Å². The molecule has 0 radical (unpaired) electrons. The Morgan fingerprint density at radius 1 is 0.840 bits per heavy atom. The highest BCUT2D eigenvalue weighted by Gasteiger charge is 2.24. The molecule has 3 nitrogen and oxygen atoms in total. The molecule has 1 N–H and O–H groups in total. The molecule has 2 aromatic carbocycles. The Bertz CT molecular complexity index is 910. The topological polar surface area (TPSA) is 37.3 Å². The Balaban J connectivity index is 1.75. The van der Waals surface area contributed by atoms with Gasteiger partial charge in [-0.3, -0.25) is 4.98 Å². The van der Waals surface area contributed by atoms with Gasteiger partial charge in [-0.2, -0.15) is 5.10 Å². The molecule has 4 rings (SSSR count). The summed E-state index contributed by atoms with van der Waals surface area (Å²) in [5, 5.41) is 4.74. The Hall–Kier alpha value is -2.94. The third-order valence-corrected chi connectivity index (χ3v) is 4.53. The highest BCUT2D eigenvalue weighted by atomic mass is 15.3.